The number of hydrogen-bond donors (Lipinski definition) is 1. The molecule has 7 heteroatoms. The Kier molecular flexibility index (Phi) is 6.46. The number of rotatable bonds is 7. The number of nitrogens with zero attached hydrogens (tertiary/aromatic N) is 1. The van der Waals surface area contributed by atoms with Gasteiger partial charge in [0.1, 0.15) is 0 Å². The Hall–Kier alpha value is -2.02. The highest BCUT2D eigenvalue weighted by atomic mass is 32.2. The summed E-state index contributed by atoms with van der Waals surface area (Å²) in [6.45, 7) is 2.48. The number of nitrogens with one attached hydrogen (secondary N) is 1. The Morgan fingerprint density at radius 3 is 2.91 bits per heavy atom. The third kappa shape index (κ3) is 4.99. The Bertz CT molecular complexity index is 591. The van der Waals surface area contributed by atoms with E-state index >= 15 is 0 Å². The average Bonchev–Trinajstić information content (AvgIpc) is 2.57. The molecule has 0 spiro atoms. The number of carbonyl (C=O) groups is 3. The number of benzene rings is 1. The Labute approximate surface area is 139 Å². The van der Waals surface area contributed by atoms with Crippen LogP contribution in [0.4, 0.5) is 5.69 Å². The number of esters is 1. The van der Waals surface area contributed by atoms with Crippen LogP contribution >= 0.6 is 11.8 Å². The molecule has 124 valence electrons. The molecule has 0 aromatic heterocycles. The summed E-state index contributed by atoms with van der Waals surface area (Å²) in [7, 11) is 0. The van der Waals surface area contributed by atoms with Crippen LogP contribution in [0.1, 0.15) is 19.8 Å². The first kappa shape index (κ1) is 17.3. The first-order valence-electron chi connectivity index (χ1n) is 7.56. The van der Waals surface area contributed by atoms with Gasteiger partial charge < -0.3 is 15.0 Å². The SMILES string of the molecule is CCCNC(=O)COC(=O)CCN1C(=O)CSc2ccccc21. The Morgan fingerprint density at radius 2 is 2.13 bits per heavy atom. The van der Waals surface area contributed by atoms with Gasteiger partial charge in [-0.15, -0.1) is 11.8 Å². The van der Waals surface area contributed by atoms with Gasteiger partial charge in [-0.2, -0.15) is 0 Å². The maximum atomic E-state index is 12.0. The highest BCUT2D eigenvalue weighted by Gasteiger charge is 2.24. The zero-order valence-electron chi connectivity index (χ0n) is 13.0. The molecule has 0 atom stereocenters. The molecule has 0 aliphatic carbocycles. The van der Waals surface area contributed by atoms with Crippen molar-refractivity contribution in [2.45, 2.75) is 24.7 Å². The lowest BCUT2D eigenvalue weighted by Gasteiger charge is -2.28. The number of fused-ring (bicyclic) bond motifs is 1. The zero-order valence-corrected chi connectivity index (χ0v) is 13.9. The first-order valence-corrected chi connectivity index (χ1v) is 8.55. The van der Waals surface area contributed by atoms with Crippen molar-refractivity contribution in [3.05, 3.63) is 24.3 Å². The van der Waals surface area contributed by atoms with Crippen molar-refractivity contribution >= 4 is 35.2 Å². The number of hydrogen-bond acceptors (Lipinski definition) is 5. The zero-order chi connectivity index (χ0) is 16.7. The van der Waals surface area contributed by atoms with Gasteiger partial charge in [-0.1, -0.05) is 19.1 Å². The van der Waals surface area contributed by atoms with E-state index < -0.39 is 5.97 Å². The fourth-order valence-electron chi connectivity index (χ4n) is 2.14. The average molecular weight is 336 g/mol. The van der Waals surface area contributed by atoms with Crippen molar-refractivity contribution in [2.75, 3.05) is 30.3 Å². The van der Waals surface area contributed by atoms with Gasteiger partial charge in [0.15, 0.2) is 6.61 Å². The summed E-state index contributed by atoms with van der Waals surface area (Å²) in [4.78, 5) is 37.8. The van der Waals surface area contributed by atoms with Gasteiger partial charge in [0.2, 0.25) is 5.91 Å². The van der Waals surface area contributed by atoms with Gasteiger partial charge in [-0.25, -0.2) is 0 Å². The van der Waals surface area contributed by atoms with E-state index in [0.717, 1.165) is 17.0 Å². The molecule has 1 aliphatic heterocycles. The molecule has 6 nitrogen and oxygen atoms in total. The summed E-state index contributed by atoms with van der Waals surface area (Å²) in [5.74, 6) is -0.454. The topological polar surface area (TPSA) is 75.7 Å². The molecular weight excluding hydrogens is 316 g/mol. The number of amides is 2. The third-order valence-corrected chi connectivity index (χ3v) is 4.33. The molecular formula is C16H20N2O4S. The van der Waals surface area contributed by atoms with Crippen LogP contribution in [0.25, 0.3) is 0 Å². The van der Waals surface area contributed by atoms with Crippen molar-refractivity contribution in [3.63, 3.8) is 0 Å². The van der Waals surface area contributed by atoms with Gasteiger partial charge in [-0.3, -0.25) is 14.4 Å². The van der Waals surface area contributed by atoms with Crippen LogP contribution in [0, 0.1) is 0 Å². The highest BCUT2D eigenvalue weighted by Crippen LogP contribution is 2.34. The molecule has 0 unspecified atom stereocenters. The molecule has 0 saturated carbocycles. The maximum absolute atomic E-state index is 12.0. The van der Waals surface area contributed by atoms with Gasteiger partial charge >= 0.3 is 5.97 Å². The second-order valence-corrected chi connectivity index (χ2v) is 6.08. The van der Waals surface area contributed by atoms with E-state index in [2.05, 4.69) is 5.32 Å². The van der Waals surface area contributed by atoms with E-state index in [9.17, 15) is 14.4 Å². The van der Waals surface area contributed by atoms with Crippen LogP contribution in [-0.2, 0) is 19.1 Å². The lowest BCUT2D eigenvalue weighted by molar-refractivity contribution is -0.148. The standard InChI is InChI=1S/C16H20N2O4S/c1-2-8-17-14(19)10-22-16(21)7-9-18-12-5-3-4-6-13(12)23-11-15(18)20/h3-6H,2,7-11H2,1H3,(H,17,19). The quantitative estimate of drug-likeness (QED) is 0.765. The lowest BCUT2D eigenvalue weighted by atomic mass is 10.2. The van der Waals surface area contributed by atoms with Crippen molar-refractivity contribution in [1.82, 2.24) is 5.32 Å². The summed E-state index contributed by atoms with van der Waals surface area (Å²) in [6.07, 6.45) is 0.889. The molecule has 1 aromatic rings. The van der Waals surface area contributed by atoms with E-state index in [1.54, 1.807) is 4.90 Å². The van der Waals surface area contributed by atoms with E-state index in [0.29, 0.717) is 12.3 Å². The van der Waals surface area contributed by atoms with E-state index in [1.165, 1.54) is 11.8 Å². The normalized spacial score (nSPS) is 13.4. The Morgan fingerprint density at radius 1 is 1.35 bits per heavy atom. The minimum atomic E-state index is -0.486. The largest absolute Gasteiger partial charge is 0.456 e. The highest BCUT2D eigenvalue weighted by molar-refractivity contribution is 8.00. The number of thioether (sulfide) groups is 1. The van der Waals surface area contributed by atoms with E-state index in [4.69, 9.17) is 4.74 Å². The second kappa shape index (κ2) is 8.57. The van der Waals surface area contributed by atoms with Crippen LogP contribution < -0.4 is 10.2 Å². The van der Waals surface area contributed by atoms with Crippen molar-refractivity contribution < 1.29 is 19.1 Å². The van der Waals surface area contributed by atoms with Gasteiger partial charge in [0.05, 0.1) is 17.9 Å². The molecule has 0 bridgehead atoms. The van der Waals surface area contributed by atoms with Crippen LogP contribution in [0.15, 0.2) is 29.2 Å². The van der Waals surface area contributed by atoms with Crippen molar-refractivity contribution in [2.24, 2.45) is 0 Å². The molecule has 1 aliphatic rings. The molecule has 2 amide bonds. The van der Waals surface area contributed by atoms with Crippen LogP contribution in [-0.4, -0.2) is 43.2 Å². The predicted molar refractivity (Wildman–Crippen MR) is 88.4 cm³/mol. The van der Waals surface area contributed by atoms with Gasteiger partial charge in [-0.05, 0) is 18.6 Å². The number of anilines is 1. The summed E-state index contributed by atoms with van der Waals surface area (Å²) in [6, 6.07) is 7.60. The number of para-hydroxylation sites is 1. The predicted octanol–water partition coefficient (Wildman–Crippen LogP) is 1.58. The Balaban J connectivity index is 1.82. The fourth-order valence-corrected chi connectivity index (χ4v) is 3.07. The molecule has 1 N–H and O–H groups in total. The molecule has 1 heterocycles. The fraction of sp³-hybridized carbons (Fsp3) is 0.438. The van der Waals surface area contributed by atoms with Crippen LogP contribution in [0.2, 0.25) is 0 Å². The summed E-state index contributed by atoms with van der Waals surface area (Å²) in [5.41, 5.74) is 0.822. The van der Waals surface area contributed by atoms with Crippen molar-refractivity contribution in [3.8, 4) is 0 Å². The van der Waals surface area contributed by atoms with E-state index in [-0.39, 0.29) is 31.4 Å². The molecule has 0 saturated heterocycles. The molecule has 0 fully saturated rings. The smallest absolute Gasteiger partial charge is 0.308 e. The molecule has 23 heavy (non-hydrogen) atoms. The van der Waals surface area contributed by atoms with Crippen LogP contribution in [0.5, 0.6) is 0 Å². The number of carbonyl (C=O) groups excluding carboxylic acids is 3. The summed E-state index contributed by atoms with van der Waals surface area (Å²) >= 11 is 1.50. The van der Waals surface area contributed by atoms with Crippen molar-refractivity contribution in [1.29, 1.82) is 0 Å². The van der Waals surface area contributed by atoms with Gasteiger partial charge in [0.25, 0.3) is 5.91 Å². The third-order valence-electron chi connectivity index (χ3n) is 3.28. The first-order chi connectivity index (χ1) is 11.1. The minimum Gasteiger partial charge on any atom is -0.456 e. The van der Waals surface area contributed by atoms with Gasteiger partial charge in [0, 0.05) is 18.0 Å². The lowest BCUT2D eigenvalue weighted by Crippen LogP contribution is -2.37. The summed E-state index contributed by atoms with van der Waals surface area (Å²) in [5, 5.41) is 2.63. The molecule has 0 radical (unpaired) electrons. The van der Waals surface area contributed by atoms with E-state index in [1.807, 2.05) is 31.2 Å². The minimum absolute atomic E-state index is 0.0258. The summed E-state index contributed by atoms with van der Waals surface area (Å²) < 4.78 is 4.92. The molecule has 1 aromatic carbocycles. The second-order valence-electron chi connectivity index (χ2n) is 5.06. The monoisotopic (exact) mass is 336 g/mol. The number of ether oxygens (including phenoxy) is 1. The molecule has 2 rings (SSSR count). The maximum Gasteiger partial charge on any atom is 0.308 e. The van der Waals surface area contributed by atoms with Crippen LogP contribution in [0.3, 0.4) is 0 Å².